The molecule has 0 atom stereocenters. The van der Waals surface area contributed by atoms with Crippen molar-refractivity contribution in [1.82, 2.24) is 5.32 Å². The lowest BCUT2D eigenvalue weighted by atomic mass is 9.87. The molecular formula is C11H16N2O. The summed E-state index contributed by atoms with van der Waals surface area (Å²) < 4.78 is 0. The Bertz CT molecular complexity index is 257. The average molecular weight is 192 g/mol. The highest BCUT2D eigenvalue weighted by Gasteiger charge is 2.31. The van der Waals surface area contributed by atoms with E-state index in [-0.39, 0.29) is 11.8 Å². The highest BCUT2D eigenvalue weighted by atomic mass is 16.2. The molecular weight excluding hydrogens is 176 g/mol. The molecule has 2 saturated carbocycles. The Morgan fingerprint density at radius 3 is 2.29 bits per heavy atom. The van der Waals surface area contributed by atoms with E-state index in [1.807, 2.05) is 0 Å². The summed E-state index contributed by atoms with van der Waals surface area (Å²) in [4.78, 5) is 11.4. The van der Waals surface area contributed by atoms with Crippen LogP contribution < -0.4 is 5.32 Å². The molecule has 0 unspecified atom stereocenters. The summed E-state index contributed by atoms with van der Waals surface area (Å²) in [5.41, 5.74) is 0. The van der Waals surface area contributed by atoms with Gasteiger partial charge >= 0.3 is 0 Å². The van der Waals surface area contributed by atoms with Crippen LogP contribution >= 0.6 is 0 Å². The standard InChI is InChI=1S/C11H16N2O/c12-7-8-1-5-10(6-2-8)13-11(14)9-3-4-9/h8-10H,1-6H2,(H,13,14). The minimum absolute atomic E-state index is 0.226. The molecule has 1 N–H and O–H groups in total. The van der Waals surface area contributed by atoms with E-state index in [0.717, 1.165) is 38.5 Å². The van der Waals surface area contributed by atoms with Crippen molar-refractivity contribution in [2.45, 2.75) is 44.6 Å². The molecule has 76 valence electrons. The zero-order valence-corrected chi connectivity index (χ0v) is 8.33. The van der Waals surface area contributed by atoms with E-state index in [2.05, 4.69) is 11.4 Å². The topological polar surface area (TPSA) is 52.9 Å². The number of carbonyl (C=O) groups excluding carboxylic acids is 1. The number of nitriles is 1. The second kappa shape index (κ2) is 4.00. The molecule has 3 nitrogen and oxygen atoms in total. The lowest BCUT2D eigenvalue weighted by Crippen LogP contribution is -2.38. The van der Waals surface area contributed by atoms with Crippen LogP contribution in [0.3, 0.4) is 0 Å². The highest BCUT2D eigenvalue weighted by molar-refractivity contribution is 5.81. The third-order valence-electron chi connectivity index (χ3n) is 3.20. The molecule has 2 aliphatic rings. The Hall–Kier alpha value is -1.04. The van der Waals surface area contributed by atoms with Crippen molar-refractivity contribution in [2.75, 3.05) is 0 Å². The van der Waals surface area contributed by atoms with Crippen molar-refractivity contribution in [2.24, 2.45) is 11.8 Å². The van der Waals surface area contributed by atoms with Gasteiger partial charge in [0.05, 0.1) is 6.07 Å². The van der Waals surface area contributed by atoms with Gasteiger partial charge in [0.15, 0.2) is 0 Å². The van der Waals surface area contributed by atoms with Crippen LogP contribution in [0.1, 0.15) is 38.5 Å². The third kappa shape index (κ3) is 2.25. The van der Waals surface area contributed by atoms with Gasteiger partial charge in [-0.1, -0.05) is 0 Å². The molecule has 0 saturated heterocycles. The Morgan fingerprint density at radius 2 is 1.79 bits per heavy atom. The Kier molecular flexibility index (Phi) is 2.72. The molecule has 0 bridgehead atoms. The van der Waals surface area contributed by atoms with Crippen molar-refractivity contribution < 1.29 is 4.79 Å². The summed E-state index contributed by atoms with van der Waals surface area (Å²) in [5, 5.41) is 11.8. The molecule has 2 rings (SSSR count). The SMILES string of the molecule is N#CC1CCC(NC(=O)C2CC2)CC1. The van der Waals surface area contributed by atoms with Crippen LogP contribution in [-0.4, -0.2) is 11.9 Å². The Balaban J connectivity index is 1.73. The van der Waals surface area contributed by atoms with E-state index in [0.29, 0.717) is 12.0 Å². The van der Waals surface area contributed by atoms with Gasteiger partial charge in [0.25, 0.3) is 0 Å². The maximum absolute atomic E-state index is 11.4. The first kappa shape index (κ1) is 9.51. The number of amides is 1. The highest BCUT2D eigenvalue weighted by Crippen LogP contribution is 2.30. The number of nitrogens with one attached hydrogen (secondary N) is 1. The average Bonchev–Trinajstić information content (AvgIpc) is 3.02. The lowest BCUT2D eigenvalue weighted by Gasteiger charge is -2.25. The normalized spacial score (nSPS) is 31.9. The van der Waals surface area contributed by atoms with E-state index in [1.54, 1.807) is 0 Å². The summed E-state index contributed by atoms with van der Waals surface area (Å²) in [6.07, 6.45) is 6.00. The number of carbonyl (C=O) groups is 1. The van der Waals surface area contributed by atoms with Crippen molar-refractivity contribution in [3.05, 3.63) is 0 Å². The van der Waals surface area contributed by atoms with Gasteiger partial charge < -0.3 is 5.32 Å². The lowest BCUT2D eigenvalue weighted by molar-refractivity contribution is -0.123. The molecule has 0 heterocycles. The molecule has 0 radical (unpaired) electrons. The predicted molar refractivity (Wildman–Crippen MR) is 52.2 cm³/mol. The van der Waals surface area contributed by atoms with Crippen LogP contribution in [0.25, 0.3) is 0 Å². The van der Waals surface area contributed by atoms with E-state index < -0.39 is 0 Å². The molecule has 1 amide bonds. The monoisotopic (exact) mass is 192 g/mol. The molecule has 0 aromatic rings. The maximum atomic E-state index is 11.4. The quantitative estimate of drug-likeness (QED) is 0.722. The molecule has 2 fully saturated rings. The van der Waals surface area contributed by atoms with E-state index in [9.17, 15) is 4.79 Å². The van der Waals surface area contributed by atoms with Crippen LogP contribution in [0.5, 0.6) is 0 Å². The van der Waals surface area contributed by atoms with Gasteiger partial charge in [-0.3, -0.25) is 4.79 Å². The van der Waals surface area contributed by atoms with Crippen molar-refractivity contribution >= 4 is 5.91 Å². The van der Waals surface area contributed by atoms with Crippen molar-refractivity contribution in [3.8, 4) is 6.07 Å². The second-order valence-electron chi connectivity index (χ2n) is 4.46. The Labute approximate surface area is 84.5 Å². The minimum atomic E-state index is 0.226. The van der Waals surface area contributed by atoms with Gasteiger partial charge in [0.2, 0.25) is 5.91 Å². The number of hydrogen-bond donors (Lipinski definition) is 1. The molecule has 0 aliphatic heterocycles. The van der Waals surface area contributed by atoms with Gasteiger partial charge in [-0.2, -0.15) is 5.26 Å². The fourth-order valence-corrected chi connectivity index (χ4v) is 2.03. The fraction of sp³-hybridized carbons (Fsp3) is 0.818. The molecule has 14 heavy (non-hydrogen) atoms. The molecule has 0 spiro atoms. The summed E-state index contributed by atoms with van der Waals surface area (Å²) in [6.45, 7) is 0. The van der Waals surface area contributed by atoms with Gasteiger partial charge in [-0.05, 0) is 38.5 Å². The number of nitrogens with zero attached hydrogens (tertiary/aromatic N) is 1. The first-order valence-electron chi connectivity index (χ1n) is 5.49. The molecule has 3 heteroatoms. The fourth-order valence-electron chi connectivity index (χ4n) is 2.03. The molecule has 0 aromatic heterocycles. The van der Waals surface area contributed by atoms with Gasteiger partial charge in [-0.25, -0.2) is 0 Å². The minimum Gasteiger partial charge on any atom is -0.353 e. The van der Waals surface area contributed by atoms with E-state index in [4.69, 9.17) is 5.26 Å². The third-order valence-corrected chi connectivity index (χ3v) is 3.20. The predicted octanol–water partition coefficient (Wildman–Crippen LogP) is 1.59. The van der Waals surface area contributed by atoms with Gasteiger partial charge in [0.1, 0.15) is 0 Å². The zero-order valence-electron chi connectivity index (χ0n) is 8.33. The first-order valence-corrected chi connectivity index (χ1v) is 5.49. The summed E-state index contributed by atoms with van der Waals surface area (Å²) in [7, 11) is 0. The van der Waals surface area contributed by atoms with E-state index in [1.165, 1.54) is 0 Å². The second-order valence-corrected chi connectivity index (χ2v) is 4.46. The smallest absolute Gasteiger partial charge is 0.223 e. The number of hydrogen-bond acceptors (Lipinski definition) is 2. The van der Waals surface area contributed by atoms with E-state index >= 15 is 0 Å². The largest absolute Gasteiger partial charge is 0.353 e. The van der Waals surface area contributed by atoms with Crippen molar-refractivity contribution in [3.63, 3.8) is 0 Å². The van der Waals surface area contributed by atoms with Crippen molar-refractivity contribution in [1.29, 1.82) is 5.26 Å². The maximum Gasteiger partial charge on any atom is 0.223 e. The molecule has 0 aromatic carbocycles. The summed E-state index contributed by atoms with van der Waals surface area (Å²) >= 11 is 0. The number of rotatable bonds is 2. The van der Waals surface area contributed by atoms with Crippen LogP contribution in [0.2, 0.25) is 0 Å². The van der Waals surface area contributed by atoms with Crippen LogP contribution in [0.4, 0.5) is 0 Å². The first-order chi connectivity index (χ1) is 6.79. The Morgan fingerprint density at radius 1 is 1.14 bits per heavy atom. The zero-order chi connectivity index (χ0) is 9.97. The summed E-state index contributed by atoms with van der Waals surface area (Å²) in [6, 6.07) is 2.64. The molecule has 2 aliphatic carbocycles. The van der Waals surface area contributed by atoms with Crippen LogP contribution in [-0.2, 0) is 4.79 Å². The van der Waals surface area contributed by atoms with Gasteiger partial charge in [-0.15, -0.1) is 0 Å². The van der Waals surface area contributed by atoms with Crippen LogP contribution in [0.15, 0.2) is 0 Å². The van der Waals surface area contributed by atoms with Crippen LogP contribution in [0, 0.1) is 23.2 Å². The van der Waals surface area contributed by atoms with Gasteiger partial charge in [0, 0.05) is 17.9 Å². The summed E-state index contributed by atoms with van der Waals surface area (Å²) in [5.74, 6) is 0.776.